The summed E-state index contributed by atoms with van der Waals surface area (Å²) >= 11 is 10.6. The highest BCUT2D eigenvalue weighted by molar-refractivity contribution is 9.11. The fourth-order valence-corrected chi connectivity index (χ4v) is 3.73. The molecule has 0 fully saturated rings. The standard InChI is InChI=1S/C15H14Br3NO/c1-2-20-15-12(17)7-10(8-13(15)18)9-19-14-6-4-3-5-11(14)16/h3-8,19H,2,9H2,1H3. The average Bonchev–Trinajstić information content (AvgIpc) is 2.42. The van der Waals surface area contributed by atoms with Crippen LogP contribution < -0.4 is 10.1 Å². The van der Waals surface area contributed by atoms with Crippen LogP contribution in [0, 0.1) is 0 Å². The van der Waals surface area contributed by atoms with E-state index in [0.717, 1.165) is 31.4 Å². The molecule has 106 valence electrons. The Hall–Kier alpha value is -0.520. The monoisotopic (exact) mass is 461 g/mol. The molecule has 2 aromatic carbocycles. The Bertz CT molecular complexity index is 578. The molecule has 2 nitrogen and oxygen atoms in total. The maximum atomic E-state index is 5.58. The van der Waals surface area contributed by atoms with Gasteiger partial charge in [0, 0.05) is 16.7 Å². The van der Waals surface area contributed by atoms with Gasteiger partial charge in [-0.3, -0.25) is 0 Å². The van der Waals surface area contributed by atoms with E-state index in [1.807, 2.05) is 31.2 Å². The van der Waals surface area contributed by atoms with E-state index in [0.29, 0.717) is 6.61 Å². The summed E-state index contributed by atoms with van der Waals surface area (Å²) in [7, 11) is 0. The molecule has 5 heteroatoms. The lowest BCUT2D eigenvalue weighted by atomic mass is 10.2. The molecular formula is C15H14Br3NO. The van der Waals surface area contributed by atoms with Gasteiger partial charge in [-0.2, -0.15) is 0 Å². The van der Waals surface area contributed by atoms with Gasteiger partial charge >= 0.3 is 0 Å². The molecule has 0 aliphatic rings. The summed E-state index contributed by atoms with van der Waals surface area (Å²) in [6.45, 7) is 3.36. The zero-order valence-electron chi connectivity index (χ0n) is 10.9. The van der Waals surface area contributed by atoms with Gasteiger partial charge in [0.05, 0.1) is 15.6 Å². The van der Waals surface area contributed by atoms with Crippen molar-refractivity contribution in [2.45, 2.75) is 13.5 Å². The fourth-order valence-electron chi connectivity index (χ4n) is 1.80. The van der Waals surface area contributed by atoms with Crippen molar-refractivity contribution < 1.29 is 4.74 Å². The number of halogens is 3. The maximum absolute atomic E-state index is 5.58. The van der Waals surface area contributed by atoms with Gasteiger partial charge in [0.15, 0.2) is 0 Å². The summed E-state index contributed by atoms with van der Waals surface area (Å²) in [6.07, 6.45) is 0. The van der Waals surface area contributed by atoms with Gasteiger partial charge in [-0.05, 0) is 84.5 Å². The Balaban J connectivity index is 2.13. The minimum Gasteiger partial charge on any atom is -0.492 e. The smallest absolute Gasteiger partial charge is 0.147 e. The van der Waals surface area contributed by atoms with E-state index in [4.69, 9.17) is 4.74 Å². The van der Waals surface area contributed by atoms with Crippen LogP contribution in [0.3, 0.4) is 0 Å². The number of anilines is 1. The molecule has 0 aromatic heterocycles. The first kappa shape index (κ1) is 15.9. The molecule has 20 heavy (non-hydrogen) atoms. The van der Waals surface area contributed by atoms with Crippen molar-refractivity contribution in [3.05, 3.63) is 55.4 Å². The molecular weight excluding hydrogens is 450 g/mol. The predicted octanol–water partition coefficient (Wildman–Crippen LogP) is 5.98. The number of ether oxygens (including phenoxy) is 1. The SMILES string of the molecule is CCOc1c(Br)cc(CNc2ccccc2Br)cc1Br. The number of benzene rings is 2. The quantitative estimate of drug-likeness (QED) is 0.588. The Kier molecular flexibility index (Phi) is 5.93. The molecule has 0 spiro atoms. The van der Waals surface area contributed by atoms with Crippen molar-refractivity contribution in [3.8, 4) is 5.75 Å². The van der Waals surface area contributed by atoms with Crippen LogP contribution in [0.2, 0.25) is 0 Å². The lowest BCUT2D eigenvalue weighted by Crippen LogP contribution is -2.01. The van der Waals surface area contributed by atoms with E-state index in [-0.39, 0.29) is 0 Å². The minimum atomic E-state index is 0.645. The van der Waals surface area contributed by atoms with E-state index in [1.54, 1.807) is 0 Å². The Labute approximate surface area is 144 Å². The third-order valence-electron chi connectivity index (χ3n) is 2.70. The van der Waals surface area contributed by atoms with E-state index in [9.17, 15) is 0 Å². The number of rotatable bonds is 5. The minimum absolute atomic E-state index is 0.645. The molecule has 0 bridgehead atoms. The van der Waals surface area contributed by atoms with Crippen molar-refractivity contribution in [1.82, 2.24) is 0 Å². The van der Waals surface area contributed by atoms with E-state index >= 15 is 0 Å². The molecule has 0 aliphatic carbocycles. The Morgan fingerprint density at radius 3 is 2.25 bits per heavy atom. The van der Waals surface area contributed by atoms with Crippen molar-refractivity contribution in [2.24, 2.45) is 0 Å². The van der Waals surface area contributed by atoms with E-state index < -0.39 is 0 Å². The van der Waals surface area contributed by atoms with Crippen LogP contribution in [-0.2, 0) is 6.54 Å². The second kappa shape index (κ2) is 7.48. The molecule has 2 rings (SSSR count). The first-order valence-corrected chi connectivity index (χ1v) is 8.59. The summed E-state index contributed by atoms with van der Waals surface area (Å²) < 4.78 is 8.55. The third-order valence-corrected chi connectivity index (χ3v) is 4.57. The van der Waals surface area contributed by atoms with Crippen LogP contribution in [0.1, 0.15) is 12.5 Å². The van der Waals surface area contributed by atoms with Crippen LogP contribution in [0.15, 0.2) is 49.8 Å². The number of hydrogen-bond acceptors (Lipinski definition) is 2. The second-order valence-corrected chi connectivity index (χ2v) is 6.72. The zero-order valence-corrected chi connectivity index (χ0v) is 15.7. The highest BCUT2D eigenvalue weighted by Crippen LogP contribution is 2.35. The largest absolute Gasteiger partial charge is 0.492 e. The van der Waals surface area contributed by atoms with Crippen molar-refractivity contribution in [2.75, 3.05) is 11.9 Å². The number of para-hydroxylation sites is 1. The van der Waals surface area contributed by atoms with Crippen molar-refractivity contribution in [3.63, 3.8) is 0 Å². The highest BCUT2D eigenvalue weighted by Gasteiger charge is 2.08. The van der Waals surface area contributed by atoms with Gasteiger partial charge in [0.1, 0.15) is 5.75 Å². The van der Waals surface area contributed by atoms with Crippen molar-refractivity contribution >= 4 is 53.5 Å². The van der Waals surface area contributed by atoms with Gasteiger partial charge in [-0.25, -0.2) is 0 Å². The van der Waals surface area contributed by atoms with Gasteiger partial charge in [0.2, 0.25) is 0 Å². The van der Waals surface area contributed by atoms with Crippen LogP contribution in [-0.4, -0.2) is 6.61 Å². The lowest BCUT2D eigenvalue weighted by molar-refractivity contribution is 0.336. The normalized spacial score (nSPS) is 10.4. The lowest BCUT2D eigenvalue weighted by Gasteiger charge is -2.12. The number of nitrogens with one attached hydrogen (secondary N) is 1. The van der Waals surface area contributed by atoms with Crippen LogP contribution in [0.5, 0.6) is 5.75 Å². The molecule has 0 saturated carbocycles. The summed E-state index contributed by atoms with van der Waals surface area (Å²) in [5.74, 6) is 0.845. The summed E-state index contributed by atoms with van der Waals surface area (Å²) in [5, 5.41) is 3.41. The van der Waals surface area contributed by atoms with Gasteiger partial charge in [-0.1, -0.05) is 12.1 Å². The number of hydrogen-bond donors (Lipinski definition) is 1. The Morgan fingerprint density at radius 2 is 1.65 bits per heavy atom. The molecule has 0 radical (unpaired) electrons. The second-order valence-electron chi connectivity index (χ2n) is 4.16. The Morgan fingerprint density at radius 1 is 1.00 bits per heavy atom. The molecule has 0 heterocycles. The van der Waals surface area contributed by atoms with Gasteiger partial charge < -0.3 is 10.1 Å². The maximum Gasteiger partial charge on any atom is 0.147 e. The zero-order chi connectivity index (χ0) is 14.5. The van der Waals surface area contributed by atoms with E-state index in [2.05, 4.69) is 65.2 Å². The molecule has 2 aromatic rings. The van der Waals surface area contributed by atoms with E-state index in [1.165, 1.54) is 5.56 Å². The molecule has 0 unspecified atom stereocenters. The molecule has 0 saturated heterocycles. The fraction of sp³-hybridized carbons (Fsp3) is 0.200. The van der Waals surface area contributed by atoms with Crippen LogP contribution >= 0.6 is 47.8 Å². The summed E-state index contributed by atoms with van der Waals surface area (Å²) in [4.78, 5) is 0. The molecule has 1 N–H and O–H groups in total. The predicted molar refractivity (Wildman–Crippen MR) is 94.5 cm³/mol. The van der Waals surface area contributed by atoms with Crippen molar-refractivity contribution in [1.29, 1.82) is 0 Å². The topological polar surface area (TPSA) is 21.3 Å². The van der Waals surface area contributed by atoms with Crippen LogP contribution in [0.25, 0.3) is 0 Å². The third kappa shape index (κ3) is 3.99. The summed E-state index contributed by atoms with van der Waals surface area (Å²) in [6, 6.07) is 12.2. The first-order valence-electron chi connectivity index (χ1n) is 6.21. The van der Waals surface area contributed by atoms with Crippen LogP contribution in [0.4, 0.5) is 5.69 Å². The summed E-state index contributed by atoms with van der Waals surface area (Å²) in [5.41, 5.74) is 2.25. The first-order chi connectivity index (χ1) is 9.61. The van der Waals surface area contributed by atoms with Gasteiger partial charge in [-0.15, -0.1) is 0 Å². The highest BCUT2D eigenvalue weighted by atomic mass is 79.9. The van der Waals surface area contributed by atoms with Gasteiger partial charge in [0.25, 0.3) is 0 Å². The average molecular weight is 464 g/mol. The molecule has 0 aliphatic heterocycles. The molecule has 0 atom stereocenters. The molecule has 0 amide bonds.